The first-order valence-electron chi connectivity index (χ1n) is 7.58. The van der Waals surface area contributed by atoms with Gasteiger partial charge in [-0.3, -0.25) is 0 Å². The van der Waals surface area contributed by atoms with Gasteiger partial charge in [-0.2, -0.15) is 13.2 Å². The molecule has 5 heteroatoms. The van der Waals surface area contributed by atoms with Crippen molar-refractivity contribution >= 4 is 0 Å². The van der Waals surface area contributed by atoms with Crippen LogP contribution >= 0.6 is 0 Å². The minimum Gasteiger partial charge on any atom is -0.313 e. The van der Waals surface area contributed by atoms with Gasteiger partial charge in [0.25, 0.3) is 0 Å². The molecule has 0 aromatic rings. The minimum absolute atomic E-state index is 0.295. The molecule has 1 saturated carbocycles. The molecule has 2 fully saturated rings. The predicted molar refractivity (Wildman–Crippen MR) is 70.1 cm³/mol. The summed E-state index contributed by atoms with van der Waals surface area (Å²) in [7, 11) is 0. The van der Waals surface area contributed by atoms with E-state index in [1.54, 1.807) is 0 Å². The van der Waals surface area contributed by atoms with Crippen molar-refractivity contribution < 1.29 is 13.2 Å². The minimum atomic E-state index is -3.99. The Bertz CT molecular complexity index is 254. The lowest BCUT2D eigenvalue weighted by Gasteiger charge is -2.31. The summed E-state index contributed by atoms with van der Waals surface area (Å²) in [5.74, 6) is -1.06. The lowest BCUT2D eigenvalue weighted by Crippen LogP contribution is -2.41. The molecular formula is C14H25F3N2. The number of piperidine rings is 1. The summed E-state index contributed by atoms with van der Waals surface area (Å²) < 4.78 is 37.6. The molecule has 0 spiro atoms. The van der Waals surface area contributed by atoms with Crippen molar-refractivity contribution in [2.75, 3.05) is 26.2 Å². The highest BCUT2D eigenvalue weighted by atomic mass is 19.4. The number of likely N-dealkylation sites (tertiary alicyclic amines) is 1. The second-order valence-corrected chi connectivity index (χ2v) is 5.95. The summed E-state index contributed by atoms with van der Waals surface area (Å²) in [5.41, 5.74) is 0. The van der Waals surface area contributed by atoms with Crippen molar-refractivity contribution in [1.29, 1.82) is 0 Å². The standard InChI is InChI=1S/C14H25F3N2/c15-14(16,17)12-4-6-13(7-5-12)18-8-11-19-9-2-1-3-10-19/h12-13,18H,1-11H2. The number of alkyl halides is 3. The Morgan fingerprint density at radius 3 is 2.16 bits per heavy atom. The van der Waals surface area contributed by atoms with Crippen LogP contribution in [0.2, 0.25) is 0 Å². The monoisotopic (exact) mass is 278 g/mol. The molecule has 1 aliphatic heterocycles. The Hall–Kier alpha value is -0.290. The zero-order chi connectivity index (χ0) is 13.7. The molecule has 0 bridgehead atoms. The molecule has 19 heavy (non-hydrogen) atoms. The Kier molecular flexibility index (Phi) is 5.51. The molecule has 1 aliphatic carbocycles. The molecule has 2 nitrogen and oxygen atoms in total. The average molecular weight is 278 g/mol. The van der Waals surface area contributed by atoms with Crippen LogP contribution in [0.4, 0.5) is 13.2 Å². The van der Waals surface area contributed by atoms with Gasteiger partial charge in [0.1, 0.15) is 0 Å². The number of nitrogens with zero attached hydrogens (tertiary/aromatic N) is 1. The number of nitrogens with one attached hydrogen (secondary N) is 1. The van der Waals surface area contributed by atoms with Crippen LogP contribution in [0.3, 0.4) is 0 Å². The third kappa shape index (κ3) is 4.95. The van der Waals surface area contributed by atoms with E-state index in [1.807, 2.05) is 0 Å². The first kappa shape index (κ1) is 15.1. The third-order valence-corrected chi connectivity index (χ3v) is 4.50. The van der Waals surface area contributed by atoms with Gasteiger partial charge in [-0.1, -0.05) is 6.42 Å². The molecule has 0 aromatic carbocycles. The zero-order valence-corrected chi connectivity index (χ0v) is 11.5. The molecule has 0 atom stereocenters. The van der Waals surface area contributed by atoms with Gasteiger partial charge in [0.05, 0.1) is 5.92 Å². The number of rotatable bonds is 4. The Morgan fingerprint density at radius 2 is 1.58 bits per heavy atom. The average Bonchev–Trinajstić information content (AvgIpc) is 2.39. The third-order valence-electron chi connectivity index (χ3n) is 4.50. The van der Waals surface area contributed by atoms with Crippen LogP contribution in [-0.2, 0) is 0 Å². The highest BCUT2D eigenvalue weighted by Gasteiger charge is 2.41. The molecule has 0 radical (unpaired) electrons. The van der Waals surface area contributed by atoms with Crippen LogP contribution < -0.4 is 5.32 Å². The smallest absolute Gasteiger partial charge is 0.313 e. The molecule has 1 heterocycles. The van der Waals surface area contributed by atoms with Crippen LogP contribution in [0.1, 0.15) is 44.9 Å². The predicted octanol–water partition coefficient (Wildman–Crippen LogP) is 3.18. The molecule has 1 saturated heterocycles. The molecular weight excluding hydrogens is 253 g/mol. The van der Waals surface area contributed by atoms with Gasteiger partial charge < -0.3 is 10.2 Å². The number of halogens is 3. The van der Waals surface area contributed by atoms with E-state index in [2.05, 4.69) is 10.2 Å². The molecule has 0 amide bonds. The fraction of sp³-hybridized carbons (Fsp3) is 1.00. The van der Waals surface area contributed by atoms with E-state index < -0.39 is 12.1 Å². The maximum atomic E-state index is 12.5. The highest BCUT2D eigenvalue weighted by Crippen LogP contribution is 2.37. The van der Waals surface area contributed by atoms with E-state index in [9.17, 15) is 13.2 Å². The topological polar surface area (TPSA) is 15.3 Å². The summed E-state index contributed by atoms with van der Waals surface area (Å²) in [6.07, 6.45) is 1.86. The van der Waals surface area contributed by atoms with Gasteiger partial charge in [-0.25, -0.2) is 0 Å². The van der Waals surface area contributed by atoms with Crippen LogP contribution in [0.15, 0.2) is 0 Å². The second-order valence-electron chi connectivity index (χ2n) is 5.95. The van der Waals surface area contributed by atoms with E-state index in [0.717, 1.165) is 13.1 Å². The quantitative estimate of drug-likeness (QED) is 0.849. The largest absolute Gasteiger partial charge is 0.391 e. The van der Waals surface area contributed by atoms with Crippen molar-refractivity contribution in [2.45, 2.75) is 57.2 Å². The first-order chi connectivity index (χ1) is 9.05. The lowest BCUT2D eigenvalue weighted by molar-refractivity contribution is -0.182. The number of hydrogen-bond acceptors (Lipinski definition) is 2. The van der Waals surface area contributed by atoms with E-state index in [-0.39, 0.29) is 0 Å². The van der Waals surface area contributed by atoms with E-state index >= 15 is 0 Å². The molecule has 2 aliphatic rings. The van der Waals surface area contributed by atoms with E-state index in [1.165, 1.54) is 32.4 Å². The van der Waals surface area contributed by atoms with Gasteiger partial charge in [-0.05, 0) is 51.6 Å². The normalized spacial score (nSPS) is 30.5. The molecule has 2 rings (SSSR count). The van der Waals surface area contributed by atoms with Crippen molar-refractivity contribution in [1.82, 2.24) is 10.2 Å². The van der Waals surface area contributed by atoms with Gasteiger partial charge in [0, 0.05) is 19.1 Å². The SMILES string of the molecule is FC(F)(F)C1CCC(NCCN2CCCCC2)CC1. The van der Waals surface area contributed by atoms with Gasteiger partial charge >= 0.3 is 6.18 Å². The summed E-state index contributed by atoms with van der Waals surface area (Å²) in [6.45, 7) is 4.32. The number of hydrogen-bond donors (Lipinski definition) is 1. The summed E-state index contributed by atoms with van der Waals surface area (Å²) >= 11 is 0. The van der Waals surface area contributed by atoms with Gasteiger partial charge in [-0.15, -0.1) is 0 Å². The Balaban J connectivity index is 1.58. The van der Waals surface area contributed by atoms with Gasteiger partial charge in [0.15, 0.2) is 0 Å². The first-order valence-corrected chi connectivity index (χ1v) is 7.58. The van der Waals surface area contributed by atoms with E-state index in [4.69, 9.17) is 0 Å². The summed E-state index contributed by atoms with van der Waals surface area (Å²) in [5, 5.41) is 3.43. The van der Waals surface area contributed by atoms with Crippen LogP contribution in [0.5, 0.6) is 0 Å². The molecule has 112 valence electrons. The van der Waals surface area contributed by atoms with Gasteiger partial charge in [0.2, 0.25) is 0 Å². The van der Waals surface area contributed by atoms with Crippen LogP contribution in [0.25, 0.3) is 0 Å². The Morgan fingerprint density at radius 1 is 0.947 bits per heavy atom. The Labute approximate surface area is 113 Å². The van der Waals surface area contributed by atoms with Crippen molar-refractivity contribution in [3.05, 3.63) is 0 Å². The zero-order valence-electron chi connectivity index (χ0n) is 11.5. The molecule has 0 aromatic heterocycles. The van der Waals surface area contributed by atoms with Crippen molar-refractivity contribution in [2.24, 2.45) is 5.92 Å². The fourth-order valence-corrected chi connectivity index (χ4v) is 3.23. The van der Waals surface area contributed by atoms with Crippen LogP contribution in [0, 0.1) is 5.92 Å². The van der Waals surface area contributed by atoms with Crippen molar-refractivity contribution in [3.63, 3.8) is 0 Å². The maximum absolute atomic E-state index is 12.5. The van der Waals surface area contributed by atoms with Crippen LogP contribution in [-0.4, -0.2) is 43.3 Å². The highest BCUT2D eigenvalue weighted by molar-refractivity contribution is 4.81. The lowest BCUT2D eigenvalue weighted by atomic mass is 9.85. The van der Waals surface area contributed by atoms with E-state index in [0.29, 0.717) is 31.7 Å². The molecule has 0 unspecified atom stereocenters. The second kappa shape index (κ2) is 6.93. The summed E-state index contributed by atoms with van der Waals surface area (Å²) in [4.78, 5) is 2.46. The fourth-order valence-electron chi connectivity index (χ4n) is 3.23. The molecule has 1 N–H and O–H groups in total. The maximum Gasteiger partial charge on any atom is 0.391 e. The summed E-state index contributed by atoms with van der Waals surface area (Å²) in [6, 6.07) is 0.295. The van der Waals surface area contributed by atoms with Crippen molar-refractivity contribution in [3.8, 4) is 0 Å².